The van der Waals surface area contributed by atoms with E-state index in [1.165, 1.54) is 30.5 Å². The van der Waals surface area contributed by atoms with Gasteiger partial charge in [-0.15, -0.1) is 0 Å². The minimum atomic E-state index is -4.20. The van der Waals surface area contributed by atoms with E-state index >= 15 is 4.39 Å². The number of anilines is 1. The van der Waals surface area contributed by atoms with Gasteiger partial charge in [-0.25, -0.2) is 12.8 Å². The average Bonchev–Trinajstić information content (AvgIpc) is 2.86. The minimum Gasteiger partial charge on any atom is -0.369 e. The molecule has 0 atom stereocenters. The quantitative estimate of drug-likeness (QED) is 0.322. The van der Waals surface area contributed by atoms with Crippen LogP contribution in [0.15, 0.2) is 81.4 Å². The number of hydrogen-bond donors (Lipinski definition) is 0. The Morgan fingerprint density at radius 2 is 1.72 bits per heavy atom. The molecular weight excluding hydrogens is 499 g/mol. The van der Waals surface area contributed by atoms with Crippen LogP contribution in [0.1, 0.15) is 30.4 Å². The van der Waals surface area contributed by atoms with E-state index in [9.17, 15) is 13.2 Å². The Kier molecular flexibility index (Phi) is 6.62. The number of fused-ring (bicyclic) bond motifs is 1. The molecule has 0 spiro atoms. The van der Waals surface area contributed by atoms with Crippen LogP contribution >= 0.6 is 11.6 Å². The van der Waals surface area contributed by atoms with Crippen molar-refractivity contribution in [2.24, 2.45) is 0 Å². The van der Waals surface area contributed by atoms with Crippen LogP contribution in [-0.4, -0.2) is 26.1 Å². The summed E-state index contributed by atoms with van der Waals surface area (Å²) < 4.78 is 44.1. The third-order valence-corrected chi connectivity index (χ3v) is 8.62. The molecule has 1 aliphatic rings. The Morgan fingerprint density at radius 1 is 0.972 bits per heavy atom. The van der Waals surface area contributed by atoms with E-state index in [1.807, 2.05) is 36.1 Å². The largest absolute Gasteiger partial charge is 0.369 e. The fraction of sp³-hybridized carbons (Fsp3) is 0.250. The lowest BCUT2D eigenvalue weighted by Gasteiger charge is -2.29. The van der Waals surface area contributed by atoms with Crippen LogP contribution in [0.3, 0.4) is 0 Å². The molecule has 4 aromatic rings. The van der Waals surface area contributed by atoms with Crippen molar-refractivity contribution in [3.8, 4) is 0 Å². The van der Waals surface area contributed by atoms with Gasteiger partial charge in [0.15, 0.2) is 0 Å². The van der Waals surface area contributed by atoms with E-state index in [2.05, 4.69) is 0 Å². The first kappa shape index (κ1) is 24.5. The summed E-state index contributed by atoms with van der Waals surface area (Å²) in [4.78, 5) is 15.0. The standard InChI is InChI=1S/C28H26ClFN2O3S/c1-19-7-5-8-20(13-19)17-32-18-27(36(34,35)22-10-6-9-21(29)14-22)28(33)23-15-24(30)26(16-25(23)32)31-11-3-2-4-12-31/h5-10,13-16,18H,2-4,11-12,17H2,1H3. The molecule has 1 aliphatic heterocycles. The van der Waals surface area contributed by atoms with Crippen LogP contribution in [0.5, 0.6) is 0 Å². The van der Waals surface area contributed by atoms with Crippen molar-refractivity contribution in [2.45, 2.75) is 42.5 Å². The van der Waals surface area contributed by atoms with Gasteiger partial charge < -0.3 is 9.47 Å². The molecule has 8 heteroatoms. The maximum absolute atomic E-state index is 15.3. The monoisotopic (exact) mass is 524 g/mol. The van der Waals surface area contributed by atoms with E-state index in [1.54, 1.807) is 16.7 Å². The molecule has 0 saturated carbocycles. The number of pyridine rings is 1. The summed E-state index contributed by atoms with van der Waals surface area (Å²) in [6, 6.07) is 16.5. The third kappa shape index (κ3) is 4.65. The summed E-state index contributed by atoms with van der Waals surface area (Å²) in [7, 11) is -4.20. The third-order valence-electron chi connectivity index (χ3n) is 6.64. The lowest BCUT2D eigenvalue weighted by Crippen LogP contribution is -2.30. The fourth-order valence-corrected chi connectivity index (χ4v) is 6.51. The van der Waals surface area contributed by atoms with Crippen molar-refractivity contribution in [1.29, 1.82) is 0 Å². The van der Waals surface area contributed by atoms with Gasteiger partial charge in [-0.05, 0) is 62.1 Å². The first-order chi connectivity index (χ1) is 17.2. The summed E-state index contributed by atoms with van der Waals surface area (Å²) in [6.07, 6.45) is 4.43. The first-order valence-electron chi connectivity index (χ1n) is 11.9. The van der Waals surface area contributed by atoms with Crippen molar-refractivity contribution in [2.75, 3.05) is 18.0 Å². The zero-order valence-electron chi connectivity index (χ0n) is 19.9. The van der Waals surface area contributed by atoms with Crippen LogP contribution in [-0.2, 0) is 16.4 Å². The Morgan fingerprint density at radius 3 is 2.44 bits per heavy atom. The highest BCUT2D eigenvalue weighted by Crippen LogP contribution is 2.30. The molecule has 1 aromatic heterocycles. The minimum absolute atomic E-state index is 0.0315. The zero-order valence-corrected chi connectivity index (χ0v) is 21.4. The second-order valence-corrected chi connectivity index (χ2v) is 11.6. The van der Waals surface area contributed by atoms with Gasteiger partial charge in [0.25, 0.3) is 0 Å². The Labute approximate surface area is 214 Å². The Hall–Kier alpha value is -3.16. The van der Waals surface area contributed by atoms with Crippen LogP contribution in [0, 0.1) is 12.7 Å². The molecule has 5 nitrogen and oxygen atoms in total. The normalized spacial score (nSPS) is 14.4. The number of hydrogen-bond acceptors (Lipinski definition) is 4. The topological polar surface area (TPSA) is 59.4 Å². The molecule has 0 radical (unpaired) electrons. The van der Waals surface area contributed by atoms with Gasteiger partial charge in [0.05, 0.1) is 21.5 Å². The molecule has 1 saturated heterocycles. The molecule has 3 aromatic carbocycles. The van der Waals surface area contributed by atoms with Crippen molar-refractivity contribution in [1.82, 2.24) is 4.57 Å². The van der Waals surface area contributed by atoms with E-state index in [4.69, 9.17) is 11.6 Å². The van der Waals surface area contributed by atoms with Gasteiger partial charge in [0, 0.05) is 30.9 Å². The second-order valence-electron chi connectivity index (χ2n) is 9.27. The molecular formula is C28H26ClFN2O3S. The summed E-state index contributed by atoms with van der Waals surface area (Å²) >= 11 is 6.04. The highest BCUT2D eigenvalue weighted by Gasteiger charge is 2.26. The number of sulfone groups is 1. The number of benzene rings is 3. The smallest absolute Gasteiger partial charge is 0.211 e. The van der Waals surface area contributed by atoms with E-state index in [-0.39, 0.29) is 15.3 Å². The number of halogens is 2. The molecule has 0 N–H and O–H groups in total. The fourth-order valence-electron chi connectivity index (χ4n) is 4.84. The number of aryl methyl sites for hydroxylation is 1. The maximum atomic E-state index is 15.3. The molecule has 1 fully saturated rings. The predicted molar refractivity (Wildman–Crippen MR) is 141 cm³/mol. The lowest BCUT2D eigenvalue weighted by molar-refractivity contribution is 0.557. The summed E-state index contributed by atoms with van der Waals surface area (Å²) in [5.41, 5.74) is 2.20. The second kappa shape index (κ2) is 9.71. The van der Waals surface area contributed by atoms with Crippen LogP contribution in [0.25, 0.3) is 10.9 Å². The van der Waals surface area contributed by atoms with Gasteiger partial charge in [0.2, 0.25) is 15.3 Å². The van der Waals surface area contributed by atoms with E-state index in [0.717, 1.165) is 43.5 Å². The van der Waals surface area contributed by atoms with Crippen LogP contribution in [0.4, 0.5) is 10.1 Å². The summed E-state index contributed by atoms with van der Waals surface area (Å²) in [6.45, 7) is 3.78. The van der Waals surface area contributed by atoms with Gasteiger partial charge >= 0.3 is 0 Å². The van der Waals surface area contributed by atoms with Crippen molar-refractivity contribution in [3.05, 3.63) is 99.1 Å². The Balaban J connectivity index is 1.75. The highest BCUT2D eigenvalue weighted by atomic mass is 35.5. The number of nitrogens with zero attached hydrogens (tertiary/aromatic N) is 2. The maximum Gasteiger partial charge on any atom is 0.211 e. The molecule has 36 heavy (non-hydrogen) atoms. The first-order valence-corrected chi connectivity index (χ1v) is 13.8. The molecule has 186 valence electrons. The summed E-state index contributed by atoms with van der Waals surface area (Å²) in [5, 5.41) is 0.276. The molecule has 0 amide bonds. The number of rotatable bonds is 5. The lowest BCUT2D eigenvalue weighted by atomic mass is 10.1. The van der Waals surface area contributed by atoms with Gasteiger partial charge in [-0.1, -0.05) is 47.5 Å². The zero-order chi connectivity index (χ0) is 25.4. The average molecular weight is 525 g/mol. The van der Waals surface area contributed by atoms with E-state index in [0.29, 0.717) is 17.7 Å². The molecule has 5 rings (SSSR count). The molecule has 0 bridgehead atoms. The van der Waals surface area contributed by atoms with Crippen molar-refractivity contribution in [3.63, 3.8) is 0 Å². The van der Waals surface area contributed by atoms with Crippen LogP contribution < -0.4 is 10.3 Å². The SMILES string of the molecule is Cc1cccc(Cn2cc(S(=O)(=O)c3cccc(Cl)c3)c(=O)c3cc(F)c(N4CCCCC4)cc32)c1. The van der Waals surface area contributed by atoms with E-state index < -0.39 is 26.0 Å². The summed E-state index contributed by atoms with van der Waals surface area (Å²) in [5.74, 6) is -0.527. The van der Waals surface area contributed by atoms with Gasteiger partial charge in [-0.3, -0.25) is 4.79 Å². The number of aromatic nitrogens is 1. The number of piperidine rings is 1. The van der Waals surface area contributed by atoms with Gasteiger partial charge in [-0.2, -0.15) is 0 Å². The van der Waals surface area contributed by atoms with Gasteiger partial charge in [0.1, 0.15) is 10.7 Å². The molecule has 2 heterocycles. The van der Waals surface area contributed by atoms with Crippen LogP contribution in [0.2, 0.25) is 5.02 Å². The van der Waals surface area contributed by atoms with Crippen molar-refractivity contribution < 1.29 is 12.8 Å². The van der Waals surface area contributed by atoms with Crippen molar-refractivity contribution >= 4 is 38.0 Å². The molecule has 0 aliphatic carbocycles. The molecule has 0 unspecified atom stereocenters. The predicted octanol–water partition coefficient (Wildman–Crippen LogP) is 5.97. The highest BCUT2D eigenvalue weighted by molar-refractivity contribution is 7.91. The Bertz CT molecular complexity index is 1630.